The Morgan fingerprint density at radius 2 is 1.92 bits per heavy atom. The van der Waals surface area contributed by atoms with Gasteiger partial charge in [-0.2, -0.15) is 10.2 Å². The van der Waals surface area contributed by atoms with Gasteiger partial charge in [0.05, 0.1) is 23.5 Å². The molecule has 0 radical (unpaired) electrons. The molecule has 200 valence electrons. The zero-order chi connectivity index (χ0) is 27.8. The molecule has 1 amide bonds. The molecule has 0 atom stereocenters. The number of anilines is 2. The summed E-state index contributed by atoms with van der Waals surface area (Å²) in [4.78, 5) is 20.5. The number of carbonyl (C=O) groups is 1. The molecule has 0 unspecified atom stereocenters. The molecule has 3 heterocycles. The summed E-state index contributed by atoms with van der Waals surface area (Å²) in [5.74, 6) is 0.787. The van der Waals surface area contributed by atoms with Crippen LogP contribution in [0.25, 0.3) is 10.9 Å². The van der Waals surface area contributed by atoms with Crippen LogP contribution in [0.3, 0.4) is 0 Å². The molecule has 5 aromatic rings. The van der Waals surface area contributed by atoms with Crippen molar-refractivity contribution in [2.45, 2.75) is 26.7 Å². The van der Waals surface area contributed by atoms with Crippen LogP contribution >= 0.6 is 0 Å². The van der Waals surface area contributed by atoms with Crippen molar-refractivity contribution in [1.29, 1.82) is 0 Å². The quantitative estimate of drug-likeness (QED) is 0.199. The second kappa shape index (κ2) is 12.6. The van der Waals surface area contributed by atoms with E-state index in [9.17, 15) is 9.18 Å². The highest BCUT2D eigenvalue weighted by atomic mass is 19.1. The standard InChI is InChI=1S/C16H15FN4.C13H16N4O/c1-10-13(4-3-5-14(10)17)16(18-2)20-12-6-7-15-11(8-12)9-19-21-15;1-3-5-11-6-4-7-12(15-11)16-13(18)10-8-14-17(2)9-10/h3-9H,1-2H3,(H,18,20)(H,19,21);4,6-9H,3,5H2,1-2H3,(H,15,16,18). The van der Waals surface area contributed by atoms with Crippen molar-refractivity contribution >= 4 is 34.2 Å². The highest BCUT2D eigenvalue weighted by Gasteiger charge is 2.11. The third kappa shape index (κ3) is 6.92. The Bertz CT molecular complexity index is 1600. The van der Waals surface area contributed by atoms with Crippen molar-refractivity contribution in [3.05, 3.63) is 101 Å². The molecule has 0 saturated heterocycles. The molecule has 3 aromatic heterocycles. The van der Waals surface area contributed by atoms with Gasteiger partial charge in [0, 0.05) is 42.6 Å². The summed E-state index contributed by atoms with van der Waals surface area (Å²) in [7, 11) is 3.46. The fourth-order valence-corrected chi connectivity index (χ4v) is 3.94. The monoisotopic (exact) mass is 526 g/mol. The Balaban J connectivity index is 0.000000183. The smallest absolute Gasteiger partial charge is 0.260 e. The van der Waals surface area contributed by atoms with E-state index in [0.717, 1.165) is 40.7 Å². The lowest BCUT2D eigenvalue weighted by Crippen LogP contribution is -2.15. The van der Waals surface area contributed by atoms with Crippen molar-refractivity contribution in [1.82, 2.24) is 25.0 Å². The van der Waals surface area contributed by atoms with E-state index in [0.29, 0.717) is 22.8 Å². The highest BCUT2D eigenvalue weighted by Crippen LogP contribution is 2.19. The summed E-state index contributed by atoms with van der Waals surface area (Å²) in [6.07, 6.45) is 6.91. The van der Waals surface area contributed by atoms with Gasteiger partial charge in [-0.1, -0.05) is 31.5 Å². The molecule has 3 N–H and O–H groups in total. The molecule has 2 aromatic carbocycles. The fourth-order valence-electron chi connectivity index (χ4n) is 3.94. The van der Waals surface area contributed by atoms with Gasteiger partial charge in [0.15, 0.2) is 0 Å². The van der Waals surface area contributed by atoms with Crippen molar-refractivity contribution in [3.63, 3.8) is 0 Å². The summed E-state index contributed by atoms with van der Waals surface area (Å²) < 4.78 is 15.3. The van der Waals surface area contributed by atoms with Crippen molar-refractivity contribution in [2.24, 2.45) is 12.0 Å². The number of H-pyrrole nitrogens is 1. The second-order valence-corrected chi connectivity index (χ2v) is 8.90. The molecule has 0 spiro atoms. The maximum absolute atomic E-state index is 13.7. The third-order valence-electron chi connectivity index (χ3n) is 5.97. The van der Waals surface area contributed by atoms with Gasteiger partial charge in [-0.05, 0) is 55.3 Å². The average molecular weight is 527 g/mol. The predicted octanol–water partition coefficient (Wildman–Crippen LogP) is 5.52. The van der Waals surface area contributed by atoms with E-state index in [1.165, 1.54) is 12.3 Å². The van der Waals surface area contributed by atoms with Crippen LogP contribution in [-0.2, 0) is 13.5 Å². The van der Waals surface area contributed by atoms with E-state index < -0.39 is 0 Å². The molecule has 0 bridgehead atoms. The van der Waals surface area contributed by atoms with Crippen LogP contribution in [0, 0.1) is 12.7 Å². The van der Waals surface area contributed by atoms with Crippen LogP contribution in [0.15, 0.2) is 78.2 Å². The number of rotatable bonds is 6. The van der Waals surface area contributed by atoms with Crippen molar-refractivity contribution in [2.75, 3.05) is 17.7 Å². The van der Waals surface area contributed by atoms with E-state index in [2.05, 4.69) is 42.8 Å². The second-order valence-electron chi connectivity index (χ2n) is 8.90. The lowest BCUT2D eigenvalue weighted by Gasteiger charge is -2.12. The number of carbonyl (C=O) groups excluding carboxylic acids is 1. The minimum atomic E-state index is -0.235. The minimum Gasteiger partial charge on any atom is -0.340 e. The van der Waals surface area contributed by atoms with Crippen LogP contribution in [0.2, 0.25) is 0 Å². The van der Waals surface area contributed by atoms with Crippen LogP contribution in [-0.4, -0.2) is 43.8 Å². The summed E-state index contributed by atoms with van der Waals surface area (Å²) in [5, 5.41) is 17.9. The summed E-state index contributed by atoms with van der Waals surface area (Å²) in [6, 6.07) is 16.5. The lowest BCUT2D eigenvalue weighted by molar-refractivity contribution is 0.102. The number of aryl methyl sites for hydroxylation is 2. The molecule has 10 heteroatoms. The van der Waals surface area contributed by atoms with E-state index >= 15 is 0 Å². The zero-order valence-corrected chi connectivity index (χ0v) is 22.4. The summed E-state index contributed by atoms with van der Waals surface area (Å²) >= 11 is 0. The normalized spacial score (nSPS) is 11.2. The molecule has 0 aliphatic heterocycles. The molecule has 9 nitrogen and oxygen atoms in total. The number of halogens is 1. The van der Waals surface area contributed by atoms with Gasteiger partial charge in [-0.3, -0.25) is 19.6 Å². The largest absolute Gasteiger partial charge is 0.340 e. The molecular weight excluding hydrogens is 495 g/mol. The van der Waals surface area contributed by atoms with Gasteiger partial charge in [0.1, 0.15) is 17.5 Å². The lowest BCUT2D eigenvalue weighted by atomic mass is 10.1. The van der Waals surface area contributed by atoms with Crippen molar-refractivity contribution < 1.29 is 9.18 Å². The number of aliphatic imine (C=N–C) groups is 1. The maximum atomic E-state index is 13.7. The molecule has 5 rings (SSSR count). The number of nitrogens with one attached hydrogen (secondary N) is 3. The number of nitrogens with zero attached hydrogens (tertiary/aromatic N) is 5. The average Bonchev–Trinajstić information content (AvgIpc) is 3.58. The van der Waals surface area contributed by atoms with Gasteiger partial charge >= 0.3 is 0 Å². The Kier molecular flexibility index (Phi) is 8.78. The summed E-state index contributed by atoms with van der Waals surface area (Å²) in [5.41, 5.74) is 4.70. The SMILES string of the molecule is CCCc1cccc(NC(=O)c2cnn(C)c2)n1.CN=C(Nc1ccc2[nH]ncc2c1)c1cccc(F)c1C. The fraction of sp³-hybridized carbons (Fsp3) is 0.207. The first-order valence-electron chi connectivity index (χ1n) is 12.6. The Hall–Kier alpha value is -4.86. The van der Waals surface area contributed by atoms with Crippen molar-refractivity contribution in [3.8, 4) is 0 Å². The Morgan fingerprint density at radius 3 is 2.67 bits per heavy atom. The van der Waals surface area contributed by atoms with Gasteiger partial charge in [-0.15, -0.1) is 0 Å². The van der Waals surface area contributed by atoms with E-state index in [1.807, 2.05) is 36.4 Å². The Morgan fingerprint density at radius 1 is 1.10 bits per heavy atom. The molecule has 0 fully saturated rings. The Labute approximate surface area is 226 Å². The number of benzene rings is 2. The van der Waals surface area contributed by atoms with Gasteiger partial charge in [0.25, 0.3) is 5.91 Å². The number of fused-ring (bicyclic) bond motifs is 1. The number of pyridine rings is 1. The molecule has 0 aliphatic carbocycles. The molecule has 39 heavy (non-hydrogen) atoms. The highest BCUT2D eigenvalue weighted by molar-refractivity contribution is 6.09. The van der Waals surface area contributed by atoms with Gasteiger partial charge in [0.2, 0.25) is 0 Å². The number of amidine groups is 1. The van der Waals surface area contributed by atoms with Crippen LogP contribution < -0.4 is 10.6 Å². The van der Waals surface area contributed by atoms with Crippen LogP contribution in [0.4, 0.5) is 15.9 Å². The van der Waals surface area contributed by atoms with Crippen LogP contribution in [0.5, 0.6) is 0 Å². The number of hydrogen-bond donors (Lipinski definition) is 3. The minimum absolute atomic E-state index is 0.191. The topological polar surface area (TPSA) is 113 Å². The van der Waals surface area contributed by atoms with E-state index in [1.54, 1.807) is 50.2 Å². The maximum Gasteiger partial charge on any atom is 0.260 e. The number of amides is 1. The first kappa shape index (κ1) is 27.2. The number of hydrogen-bond acceptors (Lipinski definition) is 5. The first-order valence-corrected chi connectivity index (χ1v) is 12.6. The molecular formula is C29H31FN8O. The number of aromatic amines is 1. The summed E-state index contributed by atoms with van der Waals surface area (Å²) in [6.45, 7) is 3.85. The van der Waals surface area contributed by atoms with E-state index in [-0.39, 0.29) is 11.7 Å². The van der Waals surface area contributed by atoms with E-state index in [4.69, 9.17) is 0 Å². The first-order chi connectivity index (χ1) is 18.9. The van der Waals surface area contributed by atoms with Gasteiger partial charge in [-0.25, -0.2) is 9.37 Å². The van der Waals surface area contributed by atoms with Gasteiger partial charge < -0.3 is 10.6 Å². The number of aromatic nitrogens is 5. The molecule has 0 saturated carbocycles. The third-order valence-corrected chi connectivity index (χ3v) is 5.97. The molecule has 0 aliphatic rings. The predicted molar refractivity (Wildman–Crippen MR) is 153 cm³/mol. The van der Waals surface area contributed by atoms with Crippen LogP contribution in [0.1, 0.15) is 40.5 Å². The zero-order valence-electron chi connectivity index (χ0n) is 22.4.